The van der Waals surface area contributed by atoms with Gasteiger partial charge < -0.3 is 10.3 Å². The summed E-state index contributed by atoms with van der Waals surface area (Å²) in [4.78, 5) is 24.8. The summed E-state index contributed by atoms with van der Waals surface area (Å²) in [5.41, 5.74) is 4.93. The Balaban J connectivity index is 1.42. The van der Waals surface area contributed by atoms with Crippen molar-refractivity contribution >= 4 is 28.3 Å². The predicted molar refractivity (Wildman–Crippen MR) is 109 cm³/mol. The summed E-state index contributed by atoms with van der Waals surface area (Å²) in [5, 5.41) is 5.88. The van der Waals surface area contributed by atoms with Crippen molar-refractivity contribution in [1.82, 2.24) is 20.3 Å². The number of nitrogens with one attached hydrogen (secondary N) is 2. The number of carbonyl (C=O) groups is 1. The van der Waals surface area contributed by atoms with Crippen LogP contribution in [0.3, 0.4) is 0 Å². The van der Waals surface area contributed by atoms with Gasteiger partial charge in [-0.2, -0.15) is 0 Å². The van der Waals surface area contributed by atoms with Gasteiger partial charge in [0, 0.05) is 10.9 Å². The van der Waals surface area contributed by atoms with E-state index in [9.17, 15) is 4.79 Å². The summed E-state index contributed by atoms with van der Waals surface area (Å²) < 4.78 is 0. The van der Waals surface area contributed by atoms with E-state index in [2.05, 4.69) is 39.3 Å². The first-order valence-electron chi connectivity index (χ1n) is 8.84. The number of fused-ring (bicyclic) bond motifs is 1. The number of para-hydroxylation sites is 2. The van der Waals surface area contributed by atoms with E-state index in [0.717, 1.165) is 33.1 Å². The molecule has 0 aliphatic carbocycles. The molecule has 5 nitrogen and oxygen atoms in total. The van der Waals surface area contributed by atoms with Crippen LogP contribution in [0.4, 0.5) is 0 Å². The van der Waals surface area contributed by atoms with E-state index in [4.69, 9.17) is 0 Å². The summed E-state index contributed by atoms with van der Waals surface area (Å²) in [6.45, 7) is 3.99. The van der Waals surface area contributed by atoms with Crippen molar-refractivity contribution in [3.05, 3.63) is 71.0 Å². The zero-order valence-corrected chi connectivity index (χ0v) is 16.0. The van der Waals surface area contributed by atoms with E-state index in [1.807, 2.05) is 48.7 Å². The van der Waals surface area contributed by atoms with E-state index in [-0.39, 0.29) is 18.4 Å². The Morgan fingerprint density at radius 2 is 2.04 bits per heavy atom. The van der Waals surface area contributed by atoms with Crippen molar-refractivity contribution in [3.8, 4) is 10.6 Å². The quantitative estimate of drug-likeness (QED) is 0.542. The average molecular weight is 376 g/mol. The molecule has 0 radical (unpaired) electrons. The lowest BCUT2D eigenvalue weighted by Crippen LogP contribution is -2.28. The largest absolute Gasteiger partial charge is 0.346 e. The first kappa shape index (κ1) is 17.4. The van der Waals surface area contributed by atoms with Gasteiger partial charge in [-0.3, -0.25) is 4.79 Å². The molecule has 0 aliphatic heterocycles. The van der Waals surface area contributed by atoms with E-state index < -0.39 is 0 Å². The zero-order chi connectivity index (χ0) is 18.8. The summed E-state index contributed by atoms with van der Waals surface area (Å²) in [5.74, 6) is 0.687. The van der Waals surface area contributed by atoms with Gasteiger partial charge in [0.15, 0.2) is 0 Å². The smallest absolute Gasteiger partial charge is 0.226 e. The lowest BCUT2D eigenvalue weighted by atomic mass is 10.1. The molecule has 2 N–H and O–H groups in total. The molecule has 0 unspecified atom stereocenters. The number of aryl methyl sites for hydroxylation is 1. The number of hydrogen-bond donors (Lipinski definition) is 2. The van der Waals surface area contributed by atoms with E-state index in [1.54, 1.807) is 11.3 Å². The third kappa shape index (κ3) is 3.90. The number of hydrogen-bond acceptors (Lipinski definition) is 4. The first-order valence-corrected chi connectivity index (χ1v) is 9.72. The molecule has 2 aromatic heterocycles. The lowest BCUT2D eigenvalue weighted by Gasteiger charge is -2.10. The molecule has 0 fully saturated rings. The van der Waals surface area contributed by atoms with Crippen LogP contribution in [0.1, 0.15) is 30.0 Å². The van der Waals surface area contributed by atoms with Gasteiger partial charge in [0.2, 0.25) is 5.91 Å². The number of benzene rings is 2. The molecule has 0 spiro atoms. The van der Waals surface area contributed by atoms with Crippen molar-refractivity contribution in [3.63, 3.8) is 0 Å². The van der Waals surface area contributed by atoms with Crippen molar-refractivity contribution in [2.45, 2.75) is 26.3 Å². The van der Waals surface area contributed by atoms with Gasteiger partial charge in [-0.05, 0) is 32.0 Å². The van der Waals surface area contributed by atoms with Crippen LogP contribution in [0.2, 0.25) is 0 Å². The van der Waals surface area contributed by atoms with Crippen molar-refractivity contribution in [1.29, 1.82) is 0 Å². The fraction of sp³-hybridized carbons (Fsp3) is 0.190. The predicted octanol–water partition coefficient (Wildman–Crippen LogP) is 4.41. The maximum atomic E-state index is 12.4. The SMILES string of the molecule is Cc1cccc(-c2nc(CC(=O)N[C@@H](C)c3nc4ccccc4[nH]3)cs2)c1. The average Bonchev–Trinajstić information content (AvgIpc) is 3.28. The topological polar surface area (TPSA) is 70.7 Å². The minimum absolute atomic E-state index is 0.0657. The summed E-state index contributed by atoms with van der Waals surface area (Å²) in [7, 11) is 0. The van der Waals surface area contributed by atoms with Crippen LogP contribution in [0.15, 0.2) is 53.9 Å². The van der Waals surface area contributed by atoms with Crippen LogP contribution in [-0.4, -0.2) is 20.9 Å². The molecule has 6 heteroatoms. The molecule has 0 saturated carbocycles. The number of carbonyl (C=O) groups excluding carboxylic acids is 1. The lowest BCUT2D eigenvalue weighted by molar-refractivity contribution is -0.121. The third-order valence-corrected chi connectivity index (χ3v) is 5.29. The van der Waals surface area contributed by atoms with Crippen LogP contribution in [0.25, 0.3) is 21.6 Å². The Kier molecular flexibility index (Phi) is 4.73. The molecular weight excluding hydrogens is 356 g/mol. The molecule has 2 aromatic carbocycles. The second-order valence-electron chi connectivity index (χ2n) is 6.62. The van der Waals surface area contributed by atoms with Crippen LogP contribution in [0, 0.1) is 6.92 Å². The van der Waals surface area contributed by atoms with Gasteiger partial charge in [0.25, 0.3) is 0 Å². The van der Waals surface area contributed by atoms with E-state index in [0.29, 0.717) is 0 Å². The molecule has 27 heavy (non-hydrogen) atoms. The number of aromatic amines is 1. The van der Waals surface area contributed by atoms with Crippen molar-refractivity contribution < 1.29 is 4.79 Å². The number of imidazole rings is 1. The van der Waals surface area contributed by atoms with Crippen LogP contribution < -0.4 is 5.32 Å². The van der Waals surface area contributed by atoms with Crippen molar-refractivity contribution in [2.75, 3.05) is 0 Å². The second kappa shape index (κ2) is 7.32. The van der Waals surface area contributed by atoms with Crippen LogP contribution in [0.5, 0.6) is 0 Å². The maximum absolute atomic E-state index is 12.4. The molecule has 1 amide bonds. The molecule has 4 rings (SSSR count). The Labute approximate surface area is 161 Å². The highest BCUT2D eigenvalue weighted by Gasteiger charge is 2.15. The van der Waals surface area contributed by atoms with Crippen molar-refractivity contribution in [2.24, 2.45) is 0 Å². The summed E-state index contributed by atoms with van der Waals surface area (Å²) in [6.07, 6.45) is 0.257. The molecule has 1 atom stereocenters. The number of H-pyrrole nitrogens is 1. The normalized spacial score (nSPS) is 12.2. The minimum Gasteiger partial charge on any atom is -0.346 e. The number of aromatic nitrogens is 3. The van der Waals surface area contributed by atoms with Gasteiger partial charge in [0.05, 0.1) is 29.2 Å². The van der Waals surface area contributed by atoms with E-state index >= 15 is 0 Å². The van der Waals surface area contributed by atoms with Crippen LogP contribution >= 0.6 is 11.3 Å². The summed E-state index contributed by atoms with van der Waals surface area (Å²) in [6, 6.07) is 15.9. The molecular formula is C21H20N4OS. The van der Waals surface area contributed by atoms with Gasteiger partial charge in [0.1, 0.15) is 10.8 Å². The Morgan fingerprint density at radius 1 is 1.19 bits per heavy atom. The third-order valence-electron chi connectivity index (χ3n) is 4.35. The maximum Gasteiger partial charge on any atom is 0.226 e. The Morgan fingerprint density at radius 3 is 2.85 bits per heavy atom. The Hall–Kier alpha value is -2.99. The standard InChI is InChI=1S/C21H20N4OS/c1-13-6-5-7-15(10-13)21-23-16(12-27-21)11-19(26)22-14(2)20-24-17-8-3-4-9-18(17)25-20/h3-10,12,14H,11H2,1-2H3,(H,22,26)(H,24,25)/t14-/m0/s1. The fourth-order valence-corrected chi connectivity index (χ4v) is 3.82. The fourth-order valence-electron chi connectivity index (χ4n) is 3.00. The highest BCUT2D eigenvalue weighted by Crippen LogP contribution is 2.24. The number of nitrogens with zero attached hydrogens (tertiary/aromatic N) is 2. The first-order chi connectivity index (χ1) is 13.1. The molecule has 136 valence electrons. The van der Waals surface area contributed by atoms with Crippen LogP contribution in [-0.2, 0) is 11.2 Å². The Bertz CT molecular complexity index is 1070. The van der Waals surface area contributed by atoms with E-state index in [1.165, 1.54) is 5.56 Å². The molecule has 0 saturated heterocycles. The molecule has 0 bridgehead atoms. The molecule has 4 aromatic rings. The monoisotopic (exact) mass is 376 g/mol. The minimum atomic E-state index is -0.195. The highest BCUT2D eigenvalue weighted by molar-refractivity contribution is 7.13. The number of amides is 1. The van der Waals surface area contributed by atoms with Gasteiger partial charge >= 0.3 is 0 Å². The highest BCUT2D eigenvalue weighted by atomic mass is 32.1. The summed E-state index contributed by atoms with van der Waals surface area (Å²) >= 11 is 1.56. The van der Waals surface area contributed by atoms with Gasteiger partial charge in [-0.15, -0.1) is 11.3 Å². The second-order valence-corrected chi connectivity index (χ2v) is 7.48. The number of rotatable bonds is 5. The van der Waals surface area contributed by atoms with Gasteiger partial charge in [-0.1, -0.05) is 35.9 Å². The molecule has 0 aliphatic rings. The zero-order valence-electron chi connectivity index (χ0n) is 15.2. The molecule has 2 heterocycles. The van der Waals surface area contributed by atoms with Gasteiger partial charge in [-0.25, -0.2) is 9.97 Å². The number of thiazole rings is 1.